The number of carboxylic acids is 2. The first-order valence-corrected chi connectivity index (χ1v) is 7.40. The van der Waals surface area contributed by atoms with Gasteiger partial charge in [-0.1, -0.05) is 24.3 Å². The molecule has 0 amide bonds. The van der Waals surface area contributed by atoms with Gasteiger partial charge in [0.05, 0.1) is 0 Å². The van der Waals surface area contributed by atoms with Gasteiger partial charge in [-0.05, 0) is 48.2 Å². The number of hydrogen-bond acceptors (Lipinski definition) is 4. The number of aliphatic carboxylic acids is 2. The molecule has 0 aliphatic rings. The van der Waals surface area contributed by atoms with Gasteiger partial charge in [0.15, 0.2) is 0 Å². The van der Waals surface area contributed by atoms with Crippen molar-refractivity contribution in [2.75, 3.05) is 0 Å². The Balaban J connectivity index is 2.55. The van der Waals surface area contributed by atoms with E-state index in [2.05, 4.69) is 0 Å². The largest absolute Gasteiger partial charge is 0.508 e. The molecule has 2 rings (SSSR count). The van der Waals surface area contributed by atoms with Crippen LogP contribution in [0.5, 0.6) is 11.5 Å². The summed E-state index contributed by atoms with van der Waals surface area (Å²) in [6.45, 7) is 0. The van der Waals surface area contributed by atoms with Crippen molar-refractivity contribution in [3.05, 3.63) is 59.7 Å². The Hall–Kier alpha value is -3.02. The van der Waals surface area contributed by atoms with Crippen molar-refractivity contribution in [2.24, 2.45) is 0 Å². The summed E-state index contributed by atoms with van der Waals surface area (Å²) in [6.07, 6.45) is 0.0960. The number of phenolic OH excluding ortho intramolecular Hbond substituents is 2. The van der Waals surface area contributed by atoms with Crippen molar-refractivity contribution in [2.45, 2.75) is 24.7 Å². The quantitative estimate of drug-likeness (QED) is 0.620. The maximum absolute atomic E-state index is 12.2. The monoisotopic (exact) mass is 330 g/mol. The van der Waals surface area contributed by atoms with E-state index in [0.717, 1.165) is 0 Å². The lowest BCUT2D eigenvalue weighted by atomic mass is 9.71. The fourth-order valence-electron chi connectivity index (χ4n) is 2.81. The molecule has 0 atom stereocenters. The van der Waals surface area contributed by atoms with Gasteiger partial charge in [-0.25, -0.2) is 0 Å². The van der Waals surface area contributed by atoms with Crippen LogP contribution in [-0.2, 0) is 15.0 Å². The van der Waals surface area contributed by atoms with Crippen LogP contribution >= 0.6 is 0 Å². The molecular formula is C18H18O6. The zero-order valence-corrected chi connectivity index (χ0v) is 12.8. The van der Waals surface area contributed by atoms with Gasteiger partial charge in [0.25, 0.3) is 0 Å². The van der Waals surface area contributed by atoms with Gasteiger partial charge in [-0.2, -0.15) is 0 Å². The number of rotatable bonds is 7. The summed E-state index contributed by atoms with van der Waals surface area (Å²) in [5.74, 6) is -2.10. The summed E-state index contributed by atoms with van der Waals surface area (Å²) in [6, 6.07) is 11.6. The summed E-state index contributed by atoms with van der Waals surface area (Å²) in [7, 11) is 0. The van der Waals surface area contributed by atoms with Crippen LogP contribution in [0, 0.1) is 0 Å². The molecule has 0 fully saturated rings. The van der Waals surface area contributed by atoms with E-state index < -0.39 is 17.4 Å². The smallest absolute Gasteiger partial charge is 0.318 e. The number of aromatic hydroxyl groups is 2. The minimum absolute atomic E-state index is 0.00859. The van der Waals surface area contributed by atoms with Crippen molar-refractivity contribution >= 4 is 11.9 Å². The lowest BCUT2D eigenvalue weighted by molar-refractivity contribution is -0.143. The highest BCUT2D eigenvalue weighted by Gasteiger charge is 2.41. The van der Waals surface area contributed by atoms with Crippen molar-refractivity contribution in [3.63, 3.8) is 0 Å². The van der Waals surface area contributed by atoms with Crippen LogP contribution in [0.15, 0.2) is 48.5 Å². The SMILES string of the molecule is O=C(O)CCCC(C(=O)O)(c1ccc(O)cc1)c1ccc(O)cc1. The minimum atomic E-state index is -1.46. The molecule has 6 nitrogen and oxygen atoms in total. The van der Waals surface area contributed by atoms with Crippen LogP contribution < -0.4 is 0 Å². The fraction of sp³-hybridized carbons (Fsp3) is 0.222. The Morgan fingerprint density at radius 2 is 1.21 bits per heavy atom. The predicted molar refractivity (Wildman–Crippen MR) is 86.1 cm³/mol. The Morgan fingerprint density at radius 1 is 0.792 bits per heavy atom. The Labute approximate surface area is 138 Å². The summed E-state index contributed by atoms with van der Waals surface area (Å²) in [5, 5.41) is 37.7. The fourth-order valence-corrected chi connectivity index (χ4v) is 2.81. The minimum Gasteiger partial charge on any atom is -0.508 e. The van der Waals surface area contributed by atoms with E-state index in [1.807, 2.05) is 0 Å². The Bertz CT molecular complexity index is 673. The predicted octanol–water partition coefficient (Wildman–Crippen LogP) is 2.72. The maximum Gasteiger partial charge on any atom is 0.318 e. The number of phenols is 2. The maximum atomic E-state index is 12.2. The highest BCUT2D eigenvalue weighted by atomic mass is 16.4. The molecule has 0 aromatic heterocycles. The van der Waals surface area contributed by atoms with Crippen LogP contribution in [0.4, 0.5) is 0 Å². The van der Waals surface area contributed by atoms with Crippen molar-refractivity contribution < 1.29 is 30.0 Å². The Morgan fingerprint density at radius 3 is 1.54 bits per heavy atom. The summed E-state index contributed by atoms with van der Waals surface area (Å²) >= 11 is 0. The molecule has 0 spiro atoms. The van der Waals surface area contributed by atoms with Crippen molar-refractivity contribution in [1.82, 2.24) is 0 Å². The summed E-state index contributed by atoms with van der Waals surface area (Å²) in [5.41, 5.74) is -0.593. The van der Waals surface area contributed by atoms with Gasteiger partial charge in [0.2, 0.25) is 0 Å². The molecule has 0 aliphatic heterocycles. The van der Waals surface area contributed by atoms with E-state index in [1.54, 1.807) is 0 Å². The van der Waals surface area contributed by atoms with Gasteiger partial charge in [0, 0.05) is 6.42 Å². The van der Waals surface area contributed by atoms with Crippen LogP contribution in [0.1, 0.15) is 30.4 Å². The third-order valence-electron chi connectivity index (χ3n) is 4.03. The van der Waals surface area contributed by atoms with E-state index in [-0.39, 0.29) is 30.8 Å². The molecule has 4 N–H and O–H groups in total. The first kappa shape index (κ1) is 17.3. The molecule has 24 heavy (non-hydrogen) atoms. The molecule has 0 heterocycles. The first-order valence-electron chi connectivity index (χ1n) is 7.40. The molecule has 2 aromatic carbocycles. The lowest BCUT2D eigenvalue weighted by Gasteiger charge is -2.31. The van der Waals surface area contributed by atoms with E-state index in [1.165, 1.54) is 48.5 Å². The summed E-state index contributed by atoms with van der Waals surface area (Å²) in [4.78, 5) is 23.0. The van der Waals surface area contributed by atoms with E-state index in [4.69, 9.17) is 5.11 Å². The average Bonchev–Trinajstić information content (AvgIpc) is 2.53. The van der Waals surface area contributed by atoms with Gasteiger partial charge in [-0.15, -0.1) is 0 Å². The average molecular weight is 330 g/mol. The number of carbonyl (C=O) groups is 2. The molecule has 0 unspecified atom stereocenters. The standard InChI is InChI=1S/C18H18O6/c19-14-7-3-12(4-8-14)18(17(23)24,11-1-2-16(21)22)13-5-9-15(20)10-6-13/h3-10,19-20H,1-2,11H2,(H,21,22)(H,23,24). The molecule has 0 radical (unpaired) electrons. The van der Waals surface area contributed by atoms with Crippen molar-refractivity contribution in [3.8, 4) is 11.5 Å². The third kappa shape index (κ3) is 3.48. The van der Waals surface area contributed by atoms with Crippen LogP contribution in [0.2, 0.25) is 0 Å². The van der Waals surface area contributed by atoms with Crippen LogP contribution in [0.25, 0.3) is 0 Å². The first-order chi connectivity index (χ1) is 11.4. The second-order valence-corrected chi connectivity index (χ2v) is 5.55. The molecular weight excluding hydrogens is 312 g/mol. The van der Waals surface area contributed by atoms with Crippen LogP contribution in [-0.4, -0.2) is 32.4 Å². The molecule has 0 bridgehead atoms. The molecule has 2 aromatic rings. The molecule has 0 saturated heterocycles. The third-order valence-corrected chi connectivity index (χ3v) is 4.03. The zero-order valence-electron chi connectivity index (χ0n) is 12.8. The van der Waals surface area contributed by atoms with Crippen molar-refractivity contribution in [1.29, 1.82) is 0 Å². The van der Waals surface area contributed by atoms with Gasteiger partial charge < -0.3 is 20.4 Å². The van der Waals surface area contributed by atoms with Gasteiger partial charge in [0.1, 0.15) is 16.9 Å². The second-order valence-electron chi connectivity index (χ2n) is 5.55. The lowest BCUT2D eigenvalue weighted by Crippen LogP contribution is -2.37. The van der Waals surface area contributed by atoms with Crippen LogP contribution in [0.3, 0.4) is 0 Å². The highest BCUT2D eigenvalue weighted by molar-refractivity contribution is 5.86. The normalized spacial score (nSPS) is 11.2. The topological polar surface area (TPSA) is 115 Å². The number of carboxylic acid groups (broad SMARTS) is 2. The van der Waals surface area contributed by atoms with Gasteiger partial charge >= 0.3 is 11.9 Å². The van der Waals surface area contributed by atoms with E-state index in [0.29, 0.717) is 11.1 Å². The second kappa shape index (κ2) is 7.04. The molecule has 126 valence electrons. The highest BCUT2D eigenvalue weighted by Crippen LogP contribution is 2.39. The molecule has 6 heteroatoms. The Kier molecular flexibility index (Phi) is 5.08. The number of benzene rings is 2. The molecule has 0 saturated carbocycles. The number of hydrogen-bond donors (Lipinski definition) is 4. The molecule has 0 aliphatic carbocycles. The van der Waals surface area contributed by atoms with Gasteiger partial charge in [-0.3, -0.25) is 9.59 Å². The summed E-state index contributed by atoms with van der Waals surface area (Å²) < 4.78 is 0. The van der Waals surface area contributed by atoms with E-state index in [9.17, 15) is 24.9 Å². The zero-order chi connectivity index (χ0) is 17.7. The van der Waals surface area contributed by atoms with E-state index >= 15 is 0 Å².